The smallest absolute Gasteiger partial charge is 0.0702 e. The Morgan fingerprint density at radius 3 is 0.695 bits per heavy atom. The Morgan fingerprint density at radius 1 is 0.142 bits per heavy atom. The number of hydrogen-bond donors (Lipinski definition) is 0. The molecule has 0 saturated heterocycles. The number of benzene rings is 24. The van der Waals surface area contributed by atoms with E-state index in [2.05, 4.69) is 490 Å². The topological polar surface area (TPSA) is 53.5 Å². The van der Waals surface area contributed by atoms with E-state index in [1.54, 1.807) is 0 Å². The van der Waals surface area contributed by atoms with Crippen LogP contribution in [0.2, 0.25) is 0 Å². The number of nitrogens with zero attached hydrogens (tertiary/aromatic N) is 6. The molecule has 24 aromatic carbocycles. The van der Waals surface area contributed by atoms with Crippen LogP contribution in [0.4, 0.5) is 0 Å². The lowest BCUT2D eigenvalue weighted by Crippen LogP contribution is -1.94. The molecule has 0 aliphatic carbocycles. The molecule has 6 heteroatoms. The first kappa shape index (κ1) is 80.7. The summed E-state index contributed by atoms with van der Waals surface area (Å²) in [5.74, 6) is 0. The summed E-state index contributed by atoms with van der Waals surface area (Å²) in [4.78, 5) is 13.2. The SMILES string of the molecule is c1cc(-c2ccncc2)cc(-c2ccc3ccc4c(-c5cccc(-n6c7ccccc7c7ccccc76)c5)ccc5ccc2c3c54)c1.c1ccc(-c2cccc(-c3ccc4ccc5c(-c6cccc(-n7c8ccccc8c8ccccc87)c6)ccc6ccc3c4c65)c2)nc1.c1cncc(-c2cccc(-c3ccc4ccc5c(-c6cccc(-n7c8ccccc8c8ccccc87)c6)ccc6ccc3c4c65)c2)c1. The Bertz CT molecular complexity index is 9130. The van der Waals surface area contributed by atoms with Gasteiger partial charge in [-0.15, -0.1) is 0 Å². The van der Waals surface area contributed by atoms with Crippen molar-refractivity contribution >= 4 is 162 Å². The van der Waals surface area contributed by atoms with Gasteiger partial charge in [0.1, 0.15) is 0 Å². The van der Waals surface area contributed by atoms with Gasteiger partial charge in [-0.1, -0.05) is 358 Å². The fraction of sp³-hybridized carbons (Fsp3) is 0. The summed E-state index contributed by atoms with van der Waals surface area (Å²) < 4.78 is 7.20. The lowest BCUT2D eigenvalue weighted by Gasteiger charge is -2.17. The standard InChI is InChI=1S/3C45H28N2/c1-3-15-42-38(13-1)39-14-2-4-16-43(39)47(42)35-12-6-10-33(27-35)37-22-18-30-19-23-40-36(21-17-29-20-24-41(37)45(30)44(29)40)32-9-5-8-31(26-32)34-11-7-25-46-28-34;1-3-13-42-38(11-1)39-12-2-4-14-43(39)47(42)35-10-6-9-34(28-35)37-20-16-31-17-21-40-36(19-15-30-18-22-41(37)45(31)44(30)40)33-8-5-7-32(27-33)29-23-25-46-26-24-29;1-3-16-42-37(13-1)38-14-2-4-17-43(38)47(42)34-12-8-10-32(28-34)36-23-19-30-20-24-39-35(22-18-29-21-25-40(36)45(30)44(29)39)31-9-7-11-33(27-31)41-15-5-6-26-46-41/h3*1-28H. The summed E-state index contributed by atoms with van der Waals surface area (Å²) in [7, 11) is 0. The molecule has 141 heavy (non-hydrogen) atoms. The summed E-state index contributed by atoms with van der Waals surface area (Å²) in [6.07, 6.45) is 9.32. The van der Waals surface area contributed by atoms with Gasteiger partial charge in [-0.05, 0) is 302 Å². The van der Waals surface area contributed by atoms with Crippen LogP contribution < -0.4 is 0 Å². The first-order valence-electron chi connectivity index (χ1n) is 48.4. The number of pyridine rings is 3. The van der Waals surface area contributed by atoms with E-state index in [1.807, 2.05) is 49.2 Å². The second-order valence-electron chi connectivity index (χ2n) is 37.1. The van der Waals surface area contributed by atoms with Crippen molar-refractivity contribution in [2.45, 2.75) is 0 Å². The fourth-order valence-corrected chi connectivity index (χ4v) is 23.1. The predicted octanol–water partition coefficient (Wildman–Crippen LogP) is 36.2. The number of rotatable bonds is 12. The highest BCUT2D eigenvalue weighted by molar-refractivity contribution is 6.31. The molecule has 6 heterocycles. The minimum Gasteiger partial charge on any atom is -0.309 e. The highest BCUT2D eigenvalue weighted by Crippen LogP contribution is 2.50. The van der Waals surface area contributed by atoms with E-state index in [0.29, 0.717) is 0 Å². The monoisotopic (exact) mass is 1790 g/mol. The van der Waals surface area contributed by atoms with Crippen molar-refractivity contribution in [1.82, 2.24) is 28.7 Å². The van der Waals surface area contributed by atoms with E-state index in [4.69, 9.17) is 0 Å². The van der Waals surface area contributed by atoms with E-state index < -0.39 is 0 Å². The Hall–Kier alpha value is -18.8. The third-order valence-electron chi connectivity index (χ3n) is 29.5. The molecule has 654 valence electrons. The summed E-state index contributed by atoms with van der Waals surface area (Å²) in [6.45, 7) is 0. The van der Waals surface area contributed by atoms with Crippen LogP contribution >= 0.6 is 0 Å². The van der Waals surface area contributed by atoms with Gasteiger partial charge in [0.15, 0.2) is 0 Å². The summed E-state index contributed by atoms with van der Waals surface area (Å²) in [5, 5.41) is 30.9. The van der Waals surface area contributed by atoms with Crippen LogP contribution in [0.3, 0.4) is 0 Å². The Balaban J connectivity index is 0.000000104. The van der Waals surface area contributed by atoms with Gasteiger partial charge in [0.05, 0.1) is 38.8 Å². The zero-order chi connectivity index (χ0) is 92.7. The molecule has 0 spiro atoms. The molecule has 30 rings (SSSR count). The predicted molar refractivity (Wildman–Crippen MR) is 596 cm³/mol. The largest absolute Gasteiger partial charge is 0.309 e. The Labute approximate surface area is 812 Å². The molecular formula is C135H84N6. The van der Waals surface area contributed by atoms with Crippen molar-refractivity contribution in [2.24, 2.45) is 0 Å². The van der Waals surface area contributed by atoms with Crippen LogP contribution in [0.15, 0.2) is 510 Å². The highest BCUT2D eigenvalue weighted by atomic mass is 15.0. The molecule has 0 unspecified atom stereocenters. The molecular weight excluding hydrogens is 1710 g/mol. The molecule has 0 bridgehead atoms. The van der Waals surface area contributed by atoms with E-state index in [1.165, 1.54) is 263 Å². The second-order valence-corrected chi connectivity index (χ2v) is 37.1. The molecule has 0 radical (unpaired) electrons. The first-order chi connectivity index (χ1) is 69.9. The van der Waals surface area contributed by atoms with Gasteiger partial charge < -0.3 is 13.7 Å². The van der Waals surface area contributed by atoms with Gasteiger partial charge >= 0.3 is 0 Å². The van der Waals surface area contributed by atoms with Gasteiger partial charge in [-0.25, -0.2) is 0 Å². The van der Waals surface area contributed by atoms with Crippen molar-refractivity contribution in [3.05, 3.63) is 510 Å². The zero-order valence-electron chi connectivity index (χ0n) is 76.7. The maximum atomic E-state index is 4.60. The van der Waals surface area contributed by atoms with Gasteiger partial charge in [0.2, 0.25) is 0 Å². The zero-order valence-corrected chi connectivity index (χ0v) is 76.7. The highest BCUT2D eigenvalue weighted by Gasteiger charge is 2.24. The first-order valence-corrected chi connectivity index (χ1v) is 48.4. The fourth-order valence-electron chi connectivity index (χ4n) is 23.1. The van der Waals surface area contributed by atoms with Crippen molar-refractivity contribution in [2.75, 3.05) is 0 Å². The van der Waals surface area contributed by atoms with E-state index in [9.17, 15) is 0 Å². The summed E-state index contributed by atoms with van der Waals surface area (Å²) >= 11 is 0. The van der Waals surface area contributed by atoms with Crippen LogP contribution in [0, 0.1) is 0 Å². The number of hydrogen-bond acceptors (Lipinski definition) is 3. The van der Waals surface area contributed by atoms with Crippen LogP contribution in [0.25, 0.3) is 280 Å². The van der Waals surface area contributed by atoms with E-state index in [0.717, 1.165) is 16.8 Å². The number of para-hydroxylation sites is 6. The maximum absolute atomic E-state index is 4.60. The van der Waals surface area contributed by atoms with Crippen molar-refractivity contribution in [3.63, 3.8) is 0 Å². The lowest BCUT2D eigenvalue weighted by molar-refractivity contribution is 1.18. The molecule has 0 amide bonds. The number of aromatic nitrogens is 6. The number of fused-ring (bicyclic) bond motifs is 9. The van der Waals surface area contributed by atoms with Gasteiger partial charge in [0, 0.05) is 91.5 Å². The van der Waals surface area contributed by atoms with Gasteiger partial charge in [0.25, 0.3) is 0 Å². The molecule has 30 aromatic rings. The molecule has 6 nitrogen and oxygen atoms in total. The van der Waals surface area contributed by atoms with Crippen molar-refractivity contribution in [3.8, 4) is 117 Å². The molecule has 0 fully saturated rings. The second kappa shape index (κ2) is 33.1. The molecule has 6 aromatic heterocycles. The summed E-state index contributed by atoms with van der Waals surface area (Å²) in [5.41, 5.74) is 32.4. The third-order valence-corrected chi connectivity index (χ3v) is 29.5. The minimum atomic E-state index is 0.986. The normalized spacial score (nSPS) is 11.8. The molecule has 0 aliphatic rings. The van der Waals surface area contributed by atoms with Crippen LogP contribution in [-0.4, -0.2) is 28.7 Å². The molecule has 0 atom stereocenters. The van der Waals surface area contributed by atoms with Crippen LogP contribution in [0.1, 0.15) is 0 Å². The van der Waals surface area contributed by atoms with E-state index >= 15 is 0 Å². The lowest BCUT2D eigenvalue weighted by atomic mass is 9.87. The third kappa shape index (κ3) is 13.4. The average Bonchev–Trinajstić information content (AvgIpc) is 1.72. The van der Waals surface area contributed by atoms with Crippen molar-refractivity contribution < 1.29 is 0 Å². The maximum Gasteiger partial charge on any atom is 0.0702 e. The van der Waals surface area contributed by atoms with Crippen molar-refractivity contribution in [1.29, 1.82) is 0 Å². The Morgan fingerprint density at radius 2 is 0.397 bits per heavy atom. The molecule has 0 saturated carbocycles. The average molecular weight is 1790 g/mol. The van der Waals surface area contributed by atoms with Gasteiger partial charge in [-0.2, -0.15) is 0 Å². The molecule has 0 aliphatic heterocycles. The summed E-state index contributed by atoms with van der Waals surface area (Å²) in [6, 6.07) is 175. The minimum absolute atomic E-state index is 0.986. The van der Waals surface area contributed by atoms with Crippen LogP contribution in [0.5, 0.6) is 0 Å². The molecule has 0 N–H and O–H groups in total. The Kier molecular flexibility index (Phi) is 18.9. The quantitative estimate of drug-likeness (QED) is 0.115. The van der Waals surface area contributed by atoms with Crippen LogP contribution in [-0.2, 0) is 0 Å². The van der Waals surface area contributed by atoms with E-state index in [-0.39, 0.29) is 0 Å². The van der Waals surface area contributed by atoms with Gasteiger partial charge in [-0.3, -0.25) is 15.0 Å².